The standard InChI is InChI=1S/C19H18N4O2S/c20-19(25)22-15-8-6-14(7-9-15)16-12-26-18(23-16)10-17(24)21-11-13-4-2-1-3-5-13/h1-9,12H,10-11H2,(H,21,24)(H3,20,22,25). The highest BCUT2D eigenvalue weighted by Crippen LogP contribution is 2.23. The molecule has 0 spiro atoms. The number of nitrogens with two attached hydrogens (primary N) is 1. The van der Waals surface area contributed by atoms with Crippen LogP contribution in [0.15, 0.2) is 60.0 Å². The molecule has 2 aromatic carbocycles. The Kier molecular flexibility index (Phi) is 5.60. The third-order valence-corrected chi connectivity index (χ3v) is 4.49. The zero-order valence-electron chi connectivity index (χ0n) is 13.9. The molecular weight excluding hydrogens is 348 g/mol. The number of nitrogens with zero attached hydrogens (tertiary/aromatic N) is 1. The monoisotopic (exact) mass is 366 g/mol. The van der Waals surface area contributed by atoms with Gasteiger partial charge in [0, 0.05) is 23.2 Å². The Morgan fingerprint density at radius 1 is 1.04 bits per heavy atom. The second-order valence-corrected chi connectivity index (χ2v) is 6.57. The largest absolute Gasteiger partial charge is 0.352 e. The molecule has 0 saturated carbocycles. The van der Waals surface area contributed by atoms with E-state index in [1.165, 1.54) is 11.3 Å². The van der Waals surface area contributed by atoms with Crippen LogP contribution < -0.4 is 16.4 Å². The zero-order valence-corrected chi connectivity index (χ0v) is 14.8. The molecule has 1 aromatic heterocycles. The molecular formula is C19H18N4O2S. The van der Waals surface area contributed by atoms with Crippen molar-refractivity contribution in [2.24, 2.45) is 5.73 Å². The average Bonchev–Trinajstić information content (AvgIpc) is 3.09. The van der Waals surface area contributed by atoms with Gasteiger partial charge >= 0.3 is 6.03 Å². The van der Waals surface area contributed by atoms with Gasteiger partial charge in [-0.05, 0) is 17.7 Å². The quantitative estimate of drug-likeness (QED) is 0.625. The minimum absolute atomic E-state index is 0.0595. The smallest absolute Gasteiger partial charge is 0.316 e. The summed E-state index contributed by atoms with van der Waals surface area (Å²) in [6, 6.07) is 16.4. The van der Waals surface area contributed by atoms with Crippen LogP contribution in [0.5, 0.6) is 0 Å². The summed E-state index contributed by atoms with van der Waals surface area (Å²) >= 11 is 1.45. The third-order valence-electron chi connectivity index (χ3n) is 3.64. The Morgan fingerprint density at radius 3 is 2.46 bits per heavy atom. The lowest BCUT2D eigenvalue weighted by Gasteiger charge is -2.04. The van der Waals surface area contributed by atoms with Crippen LogP contribution in [0.4, 0.5) is 10.5 Å². The number of thiazole rings is 1. The van der Waals surface area contributed by atoms with Crippen molar-refractivity contribution in [3.05, 3.63) is 70.5 Å². The second kappa shape index (κ2) is 8.26. The van der Waals surface area contributed by atoms with E-state index in [1.807, 2.05) is 47.8 Å². The van der Waals surface area contributed by atoms with Crippen molar-refractivity contribution in [1.29, 1.82) is 0 Å². The maximum absolute atomic E-state index is 12.1. The Labute approximate surface area is 155 Å². The van der Waals surface area contributed by atoms with E-state index in [9.17, 15) is 9.59 Å². The first-order valence-electron chi connectivity index (χ1n) is 8.02. The minimum atomic E-state index is -0.602. The molecule has 3 aromatic rings. The van der Waals surface area contributed by atoms with E-state index in [1.54, 1.807) is 12.1 Å². The van der Waals surface area contributed by atoms with Crippen molar-refractivity contribution in [1.82, 2.24) is 10.3 Å². The van der Waals surface area contributed by atoms with E-state index in [2.05, 4.69) is 15.6 Å². The van der Waals surface area contributed by atoms with Gasteiger partial charge in [-0.2, -0.15) is 0 Å². The van der Waals surface area contributed by atoms with Crippen LogP contribution in [0.1, 0.15) is 10.6 Å². The van der Waals surface area contributed by atoms with Gasteiger partial charge in [0.15, 0.2) is 0 Å². The summed E-state index contributed by atoms with van der Waals surface area (Å²) in [5.41, 5.74) is 8.48. The predicted octanol–water partition coefficient (Wildman–Crippen LogP) is 3.16. The number of nitrogens with one attached hydrogen (secondary N) is 2. The lowest BCUT2D eigenvalue weighted by Crippen LogP contribution is -2.24. The van der Waals surface area contributed by atoms with Gasteiger partial charge in [0.25, 0.3) is 0 Å². The van der Waals surface area contributed by atoms with Crippen LogP contribution in [0.2, 0.25) is 0 Å². The minimum Gasteiger partial charge on any atom is -0.352 e. The fourth-order valence-electron chi connectivity index (χ4n) is 2.39. The molecule has 0 aliphatic rings. The number of urea groups is 1. The normalized spacial score (nSPS) is 10.3. The lowest BCUT2D eigenvalue weighted by atomic mass is 10.1. The number of anilines is 1. The highest BCUT2D eigenvalue weighted by molar-refractivity contribution is 7.10. The second-order valence-electron chi connectivity index (χ2n) is 5.63. The van der Waals surface area contributed by atoms with Crippen molar-refractivity contribution in [2.45, 2.75) is 13.0 Å². The topological polar surface area (TPSA) is 97.1 Å². The first kappa shape index (κ1) is 17.6. The number of carbonyl (C=O) groups is 2. The molecule has 0 atom stereocenters. The van der Waals surface area contributed by atoms with Crippen molar-refractivity contribution in [3.63, 3.8) is 0 Å². The van der Waals surface area contributed by atoms with Gasteiger partial charge in [0.05, 0.1) is 12.1 Å². The fourth-order valence-corrected chi connectivity index (χ4v) is 3.19. The summed E-state index contributed by atoms with van der Waals surface area (Å²) in [6.45, 7) is 0.506. The molecule has 3 amide bonds. The Hall–Kier alpha value is -3.19. The molecule has 7 heteroatoms. The Morgan fingerprint density at radius 2 is 1.77 bits per heavy atom. The lowest BCUT2D eigenvalue weighted by molar-refractivity contribution is -0.120. The van der Waals surface area contributed by atoms with Gasteiger partial charge in [-0.15, -0.1) is 11.3 Å². The number of carbonyl (C=O) groups excluding carboxylic acids is 2. The first-order valence-corrected chi connectivity index (χ1v) is 8.90. The third kappa shape index (κ3) is 4.90. The van der Waals surface area contributed by atoms with Gasteiger partial charge in [0.1, 0.15) is 5.01 Å². The van der Waals surface area contributed by atoms with Crippen LogP contribution in [0.25, 0.3) is 11.3 Å². The van der Waals surface area contributed by atoms with E-state index in [0.717, 1.165) is 21.8 Å². The SMILES string of the molecule is NC(=O)Nc1ccc(-c2csc(CC(=O)NCc3ccccc3)n2)cc1. The summed E-state index contributed by atoms with van der Waals surface area (Å²) in [7, 11) is 0. The Balaban J connectivity index is 1.57. The summed E-state index contributed by atoms with van der Waals surface area (Å²) in [6.07, 6.45) is 0.249. The molecule has 0 radical (unpaired) electrons. The number of primary amides is 1. The number of amides is 3. The van der Waals surface area contributed by atoms with Crippen molar-refractivity contribution in [3.8, 4) is 11.3 Å². The van der Waals surface area contributed by atoms with Crippen molar-refractivity contribution >= 4 is 29.0 Å². The summed E-state index contributed by atoms with van der Waals surface area (Å²) in [4.78, 5) is 27.4. The fraction of sp³-hybridized carbons (Fsp3) is 0.105. The molecule has 0 fully saturated rings. The molecule has 0 bridgehead atoms. The van der Waals surface area contributed by atoms with Gasteiger partial charge in [-0.1, -0.05) is 42.5 Å². The summed E-state index contributed by atoms with van der Waals surface area (Å²) < 4.78 is 0. The van der Waals surface area contributed by atoms with Crippen LogP contribution >= 0.6 is 11.3 Å². The van der Waals surface area contributed by atoms with E-state index < -0.39 is 6.03 Å². The van der Waals surface area contributed by atoms with E-state index >= 15 is 0 Å². The highest BCUT2D eigenvalue weighted by atomic mass is 32.1. The average molecular weight is 366 g/mol. The molecule has 26 heavy (non-hydrogen) atoms. The Bertz CT molecular complexity index is 891. The van der Waals surface area contributed by atoms with Crippen LogP contribution in [-0.2, 0) is 17.8 Å². The maximum atomic E-state index is 12.1. The van der Waals surface area contributed by atoms with Crippen LogP contribution in [-0.4, -0.2) is 16.9 Å². The number of rotatable bonds is 6. The van der Waals surface area contributed by atoms with Gasteiger partial charge < -0.3 is 16.4 Å². The van der Waals surface area contributed by atoms with Gasteiger partial charge in [-0.3, -0.25) is 4.79 Å². The van der Waals surface area contributed by atoms with Gasteiger partial charge in [-0.25, -0.2) is 9.78 Å². The van der Waals surface area contributed by atoms with Gasteiger partial charge in [0.2, 0.25) is 5.91 Å². The maximum Gasteiger partial charge on any atom is 0.316 e. The summed E-state index contributed by atoms with van der Waals surface area (Å²) in [5, 5.41) is 8.08. The molecule has 0 aliphatic heterocycles. The molecule has 4 N–H and O–H groups in total. The number of hydrogen-bond acceptors (Lipinski definition) is 4. The van der Waals surface area contributed by atoms with Crippen LogP contribution in [0.3, 0.4) is 0 Å². The number of aromatic nitrogens is 1. The number of benzene rings is 2. The predicted molar refractivity (Wildman–Crippen MR) is 103 cm³/mol. The first-order chi connectivity index (χ1) is 12.6. The highest BCUT2D eigenvalue weighted by Gasteiger charge is 2.09. The zero-order chi connectivity index (χ0) is 18.4. The van der Waals surface area contributed by atoms with Crippen molar-refractivity contribution < 1.29 is 9.59 Å². The molecule has 3 rings (SSSR count). The molecule has 1 heterocycles. The van der Waals surface area contributed by atoms with E-state index in [0.29, 0.717) is 12.2 Å². The molecule has 132 valence electrons. The van der Waals surface area contributed by atoms with Crippen molar-refractivity contribution in [2.75, 3.05) is 5.32 Å². The van der Waals surface area contributed by atoms with Crippen LogP contribution in [0, 0.1) is 0 Å². The molecule has 0 aliphatic carbocycles. The molecule has 6 nitrogen and oxygen atoms in total. The molecule has 0 unspecified atom stereocenters. The van der Waals surface area contributed by atoms with E-state index in [-0.39, 0.29) is 12.3 Å². The summed E-state index contributed by atoms with van der Waals surface area (Å²) in [5.74, 6) is -0.0595. The van der Waals surface area contributed by atoms with E-state index in [4.69, 9.17) is 5.73 Å². The number of hydrogen-bond donors (Lipinski definition) is 3. The molecule has 0 saturated heterocycles.